The first-order valence-corrected chi connectivity index (χ1v) is 8.08. The van der Waals surface area contributed by atoms with Crippen LogP contribution in [0.15, 0.2) is 30.5 Å². The Balaban J connectivity index is 2.20. The summed E-state index contributed by atoms with van der Waals surface area (Å²) < 4.78 is 10.5. The lowest BCUT2D eigenvalue weighted by Gasteiger charge is -2.20. The van der Waals surface area contributed by atoms with Crippen molar-refractivity contribution in [2.75, 3.05) is 19.5 Å². The number of nitrogens with one attached hydrogen (secondary N) is 2. The normalized spacial score (nSPS) is 11.0. The Morgan fingerprint density at radius 1 is 1.12 bits per heavy atom. The van der Waals surface area contributed by atoms with Crippen LogP contribution in [0.2, 0.25) is 5.02 Å². The van der Waals surface area contributed by atoms with Crippen molar-refractivity contribution >= 4 is 29.0 Å². The van der Waals surface area contributed by atoms with Gasteiger partial charge in [-0.3, -0.25) is 4.79 Å². The molecule has 0 saturated heterocycles. The van der Waals surface area contributed by atoms with Crippen LogP contribution in [-0.4, -0.2) is 30.6 Å². The summed E-state index contributed by atoms with van der Waals surface area (Å²) in [6.45, 7) is 5.78. The highest BCUT2D eigenvalue weighted by Crippen LogP contribution is 2.37. The molecule has 2 rings (SSSR count). The van der Waals surface area contributed by atoms with E-state index in [2.05, 4.69) is 15.6 Å². The van der Waals surface area contributed by atoms with Gasteiger partial charge >= 0.3 is 0 Å². The molecule has 7 heteroatoms. The Morgan fingerprint density at radius 3 is 2.32 bits per heavy atom. The molecule has 1 aromatic carbocycles. The number of benzene rings is 1. The Hall–Kier alpha value is -2.47. The van der Waals surface area contributed by atoms with E-state index in [9.17, 15) is 4.79 Å². The number of halogens is 1. The van der Waals surface area contributed by atoms with Gasteiger partial charge in [-0.2, -0.15) is 0 Å². The zero-order chi connectivity index (χ0) is 18.6. The minimum absolute atomic E-state index is 0.169. The molecule has 2 N–H and O–H groups in total. The van der Waals surface area contributed by atoms with Gasteiger partial charge in [0.1, 0.15) is 17.3 Å². The average Bonchev–Trinajstić information content (AvgIpc) is 2.55. The predicted octanol–water partition coefficient (Wildman–Crippen LogP) is 4.02. The number of ether oxygens (including phenoxy) is 2. The summed E-state index contributed by atoms with van der Waals surface area (Å²) in [6, 6.07) is 6.81. The van der Waals surface area contributed by atoms with Gasteiger partial charge in [-0.05, 0) is 32.9 Å². The highest BCUT2D eigenvalue weighted by molar-refractivity contribution is 6.32. The lowest BCUT2D eigenvalue weighted by atomic mass is 10.1. The third kappa shape index (κ3) is 5.00. The van der Waals surface area contributed by atoms with Crippen molar-refractivity contribution in [1.29, 1.82) is 0 Å². The summed E-state index contributed by atoms with van der Waals surface area (Å²) in [5, 5.41) is 6.48. The van der Waals surface area contributed by atoms with Crippen LogP contribution in [0.1, 0.15) is 31.1 Å². The molecule has 0 spiro atoms. The van der Waals surface area contributed by atoms with Gasteiger partial charge in [0, 0.05) is 23.9 Å². The molecule has 1 heterocycles. The molecule has 0 atom stereocenters. The molecule has 0 bridgehead atoms. The van der Waals surface area contributed by atoms with Gasteiger partial charge in [0.2, 0.25) is 0 Å². The van der Waals surface area contributed by atoms with E-state index in [0.29, 0.717) is 33.6 Å². The van der Waals surface area contributed by atoms with E-state index >= 15 is 0 Å². The van der Waals surface area contributed by atoms with Gasteiger partial charge in [-0.1, -0.05) is 11.6 Å². The maximum absolute atomic E-state index is 12.1. The van der Waals surface area contributed by atoms with E-state index < -0.39 is 0 Å². The number of hydrogen-bond acceptors (Lipinski definition) is 5. The molecule has 0 radical (unpaired) electrons. The minimum atomic E-state index is -0.304. The molecule has 0 aliphatic rings. The lowest BCUT2D eigenvalue weighted by molar-refractivity contribution is 0.0919. The molecule has 1 amide bonds. The lowest BCUT2D eigenvalue weighted by Crippen LogP contribution is -2.40. The van der Waals surface area contributed by atoms with Crippen molar-refractivity contribution in [2.45, 2.75) is 26.3 Å². The van der Waals surface area contributed by atoms with Crippen LogP contribution >= 0.6 is 11.6 Å². The fraction of sp³-hybridized carbons (Fsp3) is 0.333. The molecule has 0 aliphatic carbocycles. The molecule has 2 aromatic rings. The molecule has 6 nitrogen and oxygen atoms in total. The second-order valence-electron chi connectivity index (χ2n) is 6.45. The van der Waals surface area contributed by atoms with Gasteiger partial charge in [0.25, 0.3) is 5.91 Å². The number of nitrogens with zero attached hydrogens (tertiary/aromatic N) is 1. The molecule has 134 valence electrons. The summed E-state index contributed by atoms with van der Waals surface area (Å²) in [5.41, 5.74) is 0.839. The van der Waals surface area contributed by atoms with E-state index in [0.717, 1.165) is 0 Å². The van der Waals surface area contributed by atoms with Crippen LogP contribution < -0.4 is 20.1 Å². The number of rotatable bonds is 5. The quantitative estimate of drug-likeness (QED) is 0.839. The van der Waals surface area contributed by atoms with Crippen LogP contribution in [0.5, 0.6) is 11.5 Å². The van der Waals surface area contributed by atoms with Crippen molar-refractivity contribution in [1.82, 2.24) is 10.3 Å². The Labute approximate surface area is 152 Å². The van der Waals surface area contributed by atoms with E-state index in [4.69, 9.17) is 21.1 Å². The minimum Gasteiger partial charge on any atom is -0.495 e. The molecular weight excluding hydrogens is 342 g/mol. The molecule has 0 unspecified atom stereocenters. The van der Waals surface area contributed by atoms with E-state index in [1.165, 1.54) is 6.20 Å². The largest absolute Gasteiger partial charge is 0.495 e. The average molecular weight is 364 g/mol. The first kappa shape index (κ1) is 18.9. The molecule has 25 heavy (non-hydrogen) atoms. The van der Waals surface area contributed by atoms with Crippen molar-refractivity contribution < 1.29 is 14.3 Å². The topological polar surface area (TPSA) is 72.5 Å². The number of hydrogen-bond donors (Lipinski definition) is 2. The summed E-state index contributed by atoms with van der Waals surface area (Å²) in [5.74, 6) is 1.47. The van der Waals surface area contributed by atoms with Gasteiger partial charge < -0.3 is 20.1 Å². The van der Waals surface area contributed by atoms with Crippen LogP contribution in [0, 0.1) is 0 Å². The fourth-order valence-electron chi connectivity index (χ4n) is 2.11. The third-order valence-electron chi connectivity index (χ3n) is 3.25. The van der Waals surface area contributed by atoms with Crippen molar-refractivity contribution in [3.05, 3.63) is 41.0 Å². The van der Waals surface area contributed by atoms with Gasteiger partial charge in [0.05, 0.1) is 30.5 Å². The first-order chi connectivity index (χ1) is 11.7. The molecule has 1 aromatic heterocycles. The summed E-state index contributed by atoms with van der Waals surface area (Å²) in [7, 11) is 3.09. The van der Waals surface area contributed by atoms with Gasteiger partial charge in [-0.15, -0.1) is 0 Å². The summed E-state index contributed by atoms with van der Waals surface area (Å²) in [4.78, 5) is 16.4. The van der Waals surface area contributed by atoms with Crippen molar-refractivity contribution in [3.63, 3.8) is 0 Å². The molecule has 0 saturated carbocycles. The summed E-state index contributed by atoms with van der Waals surface area (Å²) in [6.07, 6.45) is 1.52. The van der Waals surface area contributed by atoms with E-state index in [-0.39, 0.29) is 11.4 Å². The van der Waals surface area contributed by atoms with Crippen LogP contribution in [-0.2, 0) is 0 Å². The van der Waals surface area contributed by atoms with Crippen LogP contribution in [0.4, 0.5) is 11.5 Å². The molecular formula is C18H22ClN3O3. The first-order valence-electron chi connectivity index (χ1n) is 7.70. The second-order valence-corrected chi connectivity index (χ2v) is 6.86. The number of pyridine rings is 1. The fourth-order valence-corrected chi connectivity index (χ4v) is 2.34. The second kappa shape index (κ2) is 7.61. The molecule has 0 fully saturated rings. The highest BCUT2D eigenvalue weighted by Gasteiger charge is 2.16. The molecule has 0 aliphatic heterocycles. The van der Waals surface area contributed by atoms with Crippen molar-refractivity contribution in [3.8, 4) is 11.5 Å². The Morgan fingerprint density at radius 2 is 1.80 bits per heavy atom. The Bertz CT molecular complexity index is 755. The number of anilines is 2. The van der Waals surface area contributed by atoms with Crippen LogP contribution in [0.25, 0.3) is 0 Å². The van der Waals surface area contributed by atoms with E-state index in [1.807, 2.05) is 20.8 Å². The maximum atomic E-state index is 12.1. The SMILES string of the molecule is COc1cc(Nc2ccc(C(=O)NC(C)(C)C)cn2)c(OC)cc1Cl. The number of carbonyl (C=O) groups excluding carboxylic acids is 1. The monoisotopic (exact) mass is 363 g/mol. The summed E-state index contributed by atoms with van der Waals surface area (Å²) >= 11 is 6.10. The van der Waals surface area contributed by atoms with Gasteiger partial charge in [0.15, 0.2) is 0 Å². The number of aromatic nitrogens is 1. The maximum Gasteiger partial charge on any atom is 0.253 e. The smallest absolute Gasteiger partial charge is 0.253 e. The number of carbonyl (C=O) groups is 1. The Kier molecular flexibility index (Phi) is 5.74. The van der Waals surface area contributed by atoms with E-state index in [1.54, 1.807) is 38.5 Å². The standard InChI is InChI=1S/C18H22ClN3O3/c1-18(2,3)22-17(23)11-6-7-16(20-10-11)21-13-9-14(24-4)12(19)8-15(13)25-5/h6-10H,1-5H3,(H,20,21)(H,22,23). The third-order valence-corrected chi connectivity index (χ3v) is 3.55. The zero-order valence-electron chi connectivity index (χ0n) is 14.9. The van der Waals surface area contributed by atoms with Gasteiger partial charge in [-0.25, -0.2) is 4.98 Å². The van der Waals surface area contributed by atoms with Crippen LogP contribution in [0.3, 0.4) is 0 Å². The van der Waals surface area contributed by atoms with Crippen molar-refractivity contribution in [2.24, 2.45) is 0 Å². The number of methoxy groups -OCH3 is 2. The highest BCUT2D eigenvalue weighted by atomic mass is 35.5. The number of amides is 1. The zero-order valence-corrected chi connectivity index (χ0v) is 15.7. The predicted molar refractivity (Wildman–Crippen MR) is 99.3 cm³/mol.